The fourth-order valence-corrected chi connectivity index (χ4v) is 10.5. The predicted octanol–water partition coefficient (Wildman–Crippen LogP) is 4.18. The van der Waals surface area contributed by atoms with Crippen molar-refractivity contribution in [3.63, 3.8) is 0 Å². The molecule has 10 rings (SSSR count). The molecule has 8 bridgehead atoms. The van der Waals surface area contributed by atoms with E-state index in [1.165, 1.54) is 70.5 Å². The van der Waals surface area contributed by atoms with Crippen LogP contribution in [0.2, 0.25) is 0 Å². The van der Waals surface area contributed by atoms with Gasteiger partial charge in [0.25, 0.3) is 0 Å². The van der Waals surface area contributed by atoms with Gasteiger partial charge in [0.1, 0.15) is 31.1 Å². The largest absolute Gasteiger partial charge is 0.463 e. The maximum Gasteiger partial charge on any atom is 0.309 e. The van der Waals surface area contributed by atoms with E-state index in [1.54, 1.807) is 6.33 Å². The first-order valence-electron chi connectivity index (χ1n) is 15.3. The Hall–Kier alpha value is -2.71. The number of imidazole rings is 1. The molecule has 0 aliphatic heterocycles. The quantitative estimate of drug-likeness (QED) is 0.526. The van der Waals surface area contributed by atoms with Crippen LogP contribution in [-0.2, 0) is 19.1 Å². The van der Waals surface area contributed by atoms with Crippen molar-refractivity contribution in [2.45, 2.75) is 70.3 Å². The summed E-state index contributed by atoms with van der Waals surface area (Å²) in [6.07, 6.45) is 15.1. The number of hydrogen-bond acceptors (Lipinski definition) is 8. The number of carbonyl (C=O) groups is 2. The number of nitrogens with two attached hydrogens (primary N) is 1. The SMILES string of the molecule is Nc1ncnc2c1ncn2C(COC(=O)C1C2CC3CC(C2)CC1C3)COC(=O)C1C2CC3CC(C2)CC1C3. The number of ether oxygens (including phenoxy) is 2. The van der Waals surface area contributed by atoms with Gasteiger partial charge in [0.15, 0.2) is 11.5 Å². The number of rotatable bonds is 7. The minimum atomic E-state index is -0.425. The Bertz CT molecular complexity index is 1180. The third kappa shape index (κ3) is 4.05. The molecule has 0 unspecified atom stereocenters. The van der Waals surface area contributed by atoms with E-state index in [-0.39, 0.29) is 37.0 Å². The topological polar surface area (TPSA) is 122 Å². The smallest absolute Gasteiger partial charge is 0.309 e. The standard InChI is InChI=1S/C30H39N5O4/c31-27-26-28(33-13-32-27)35(14-34-26)23(11-38-29(36)24-19-3-15-1-16(5-19)6-20(24)4-15)12-39-30(37)25-21-7-17-2-18(9-21)10-22(25)8-17/h13-25H,1-12H2,(H2,31,32,33). The summed E-state index contributed by atoms with van der Waals surface area (Å²) in [5.74, 6) is 5.20. The van der Waals surface area contributed by atoms with Crippen LogP contribution in [0.4, 0.5) is 5.82 Å². The average molecular weight is 534 g/mol. The number of fused-ring (bicyclic) bond motifs is 1. The number of carbonyl (C=O) groups excluding carboxylic acids is 2. The lowest BCUT2D eigenvalue weighted by Crippen LogP contribution is -2.49. The van der Waals surface area contributed by atoms with Crippen LogP contribution in [0.3, 0.4) is 0 Å². The first kappa shape index (κ1) is 24.1. The zero-order valence-electron chi connectivity index (χ0n) is 22.5. The molecule has 2 heterocycles. The van der Waals surface area contributed by atoms with Crippen molar-refractivity contribution in [3.8, 4) is 0 Å². The number of esters is 2. The van der Waals surface area contributed by atoms with Gasteiger partial charge >= 0.3 is 11.9 Å². The Balaban J connectivity index is 0.995. The van der Waals surface area contributed by atoms with Gasteiger partial charge < -0.3 is 19.8 Å². The van der Waals surface area contributed by atoms with E-state index in [9.17, 15) is 9.59 Å². The Labute approximate surface area is 228 Å². The van der Waals surface area contributed by atoms with Crippen molar-refractivity contribution in [1.82, 2.24) is 19.5 Å². The van der Waals surface area contributed by atoms with Gasteiger partial charge in [-0.2, -0.15) is 0 Å². The first-order chi connectivity index (χ1) is 19.0. The number of anilines is 1. The summed E-state index contributed by atoms with van der Waals surface area (Å²) in [6, 6.07) is -0.425. The lowest BCUT2D eigenvalue weighted by molar-refractivity contribution is -0.167. The summed E-state index contributed by atoms with van der Waals surface area (Å²) in [4.78, 5) is 39.8. The number of hydrogen-bond donors (Lipinski definition) is 1. The van der Waals surface area contributed by atoms with E-state index in [0.717, 1.165) is 23.7 Å². The highest BCUT2D eigenvalue weighted by Crippen LogP contribution is 2.58. The molecule has 8 aliphatic rings. The minimum Gasteiger partial charge on any atom is -0.463 e. The zero-order valence-corrected chi connectivity index (χ0v) is 22.5. The van der Waals surface area contributed by atoms with E-state index < -0.39 is 6.04 Å². The minimum absolute atomic E-state index is 0.00606. The Morgan fingerprint density at radius 1 is 0.744 bits per heavy atom. The highest BCUT2D eigenvalue weighted by atomic mass is 16.5. The predicted molar refractivity (Wildman–Crippen MR) is 142 cm³/mol. The summed E-state index contributed by atoms with van der Waals surface area (Å²) < 4.78 is 13.9. The third-order valence-electron chi connectivity index (χ3n) is 11.6. The van der Waals surface area contributed by atoms with Gasteiger partial charge in [-0.3, -0.25) is 9.59 Å². The van der Waals surface area contributed by atoms with Crippen LogP contribution < -0.4 is 5.73 Å². The fourth-order valence-electron chi connectivity index (χ4n) is 10.5. The monoisotopic (exact) mass is 533 g/mol. The molecule has 39 heavy (non-hydrogen) atoms. The van der Waals surface area contributed by atoms with Crippen LogP contribution in [0, 0.1) is 59.2 Å². The molecular formula is C30H39N5O4. The van der Waals surface area contributed by atoms with Gasteiger partial charge in [0.05, 0.1) is 18.2 Å². The Morgan fingerprint density at radius 2 is 1.21 bits per heavy atom. The van der Waals surface area contributed by atoms with Crippen LogP contribution >= 0.6 is 0 Å². The second-order valence-corrected chi connectivity index (χ2v) is 13.9. The van der Waals surface area contributed by atoms with Crippen molar-refractivity contribution >= 4 is 28.9 Å². The first-order valence-corrected chi connectivity index (χ1v) is 15.3. The molecule has 9 heteroatoms. The zero-order chi connectivity index (χ0) is 26.2. The van der Waals surface area contributed by atoms with Gasteiger partial charge in [-0.1, -0.05) is 0 Å². The van der Waals surface area contributed by atoms with Gasteiger partial charge in [-0.15, -0.1) is 0 Å². The molecule has 8 fully saturated rings. The second kappa shape index (κ2) is 9.16. The van der Waals surface area contributed by atoms with Crippen LogP contribution in [0.25, 0.3) is 11.2 Å². The average Bonchev–Trinajstić information content (AvgIpc) is 3.33. The number of nitrogens with zero attached hydrogens (tertiary/aromatic N) is 4. The maximum absolute atomic E-state index is 13.5. The van der Waals surface area contributed by atoms with E-state index >= 15 is 0 Å². The normalized spacial score (nSPS) is 40.2. The van der Waals surface area contributed by atoms with Crippen molar-refractivity contribution < 1.29 is 19.1 Å². The van der Waals surface area contributed by atoms with Gasteiger partial charge in [0, 0.05) is 0 Å². The van der Waals surface area contributed by atoms with Crippen molar-refractivity contribution in [3.05, 3.63) is 12.7 Å². The molecule has 0 radical (unpaired) electrons. The summed E-state index contributed by atoms with van der Waals surface area (Å²) >= 11 is 0. The third-order valence-corrected chi connectivity index (χ3v) is 11.6. The summed E-state index contributed by atoms with van der Waals surface area (Å²) in [5.41, 5.74) is 7.11. The lowest BCUT2D eigenvalue weighted by Gasteiger charge is -2.53. The van der Waals surface area contributed by atoms with Crippen molar-refractivity contribution in [2.75, 3.05) is 18.9 Å². The molecule has 0 spiro atoms. The van der Waals surface area contributed by atoms with Crippen molar-refractivity contribution in [2.24, 2.45) is 59.2 Å². The molecule has 208 valence electrons. The molecule has 0 atom stereocenters. The molecule has 8 aliphatic carbocycles. The highest BCUT2D eigenvalue weighted by molar-refractivity contribution is 5.81. The summed E-state index contributed by atoms with van der Waals surface area (Å²) in [5, 5.41) is 0. The van der Waals surface area contributed by atoms with Gasteiger partial charge in [0.2, 0.25) is 0 Å². The van der Waals surface area contributed by atoms with Crippen molar-refractivity contribution in [1.29, 1.82) is 0 Å². The van der Waals surface area contributed by atoms with Gasteiger partial charge in [-0.05, 0) is 112 Å². The lowest BCUT2D eigenvalue weighted by atomic mass is 9.52. The highest BCUT2D eigenvalue weighted by Gasteiger charge is 2.52. The molecule has 2 aromatic heterocycles. The van der Waals surface area contributed by atoms with Crippen LogP contribution in [-0.4, -0.2) is 44.7 Å². The summed E-state index contributed by atoms with van der Waals surface area (Å²) in [6.45, 7) is 0.234. The molecular weight excluding hydrogens is 494 g/mol. The molecule has 8 saturated carbocycles. The summed E-state index contributed by atoms with van der Waals surface area (Å²) in [7, 11) is 0. The molecule has 2 N–H and O–H groups in total. The van der Waals surface area contributed by atoms with E-state index in [1.807, 2.05) is 4.57 Å². The van der Waals surface area contributed by atoms with E-state index in [0.29, 0.717) is 40.7 Å². The number of aromatic nitrogens is 4. The van der Waals surface area contributed by atoms with Crippen LogP contribution in [0.15, 0.2) is 12.7 Å². The molecule has 0 aromatic carbocycles. The van der Waals surface area contributed by atoms with Crippen LogP contribution in [0.1, 0.15) is 70.3 Å². The maximum atomic E-state index is 13.5. The van der Waals surface area contributed by atoms with E-state index in [2.05, 4.69) is 15.0 Å². The van der Waals surface area contributed by atoms with E-state index in [4.69, 9.17) is 15.2 Å². The van der Waals surface area contributed by atoms with Gasteiger partial charge in [-0.25, -0.2) is 15.0 Å². The molecule has 9 nitrogen and oxygen atoms in total. The Morgan fingerprint density at radius 3 is 1.67 bits per heavy atom. The second-order valence-electron chi connectivity index (χ2n) is 13.9. The molecule has 0 saturated heterocycles. The number of nitrogen functional groups attached to an aromatic ring is 1. The Kier molecular flexibility index (Phi) is 5.67. The molecule has 2 aromatic rings. The fraction of sp³-hybridized carbons (Fsp3) is 0.767. The van der Waals surface area contributed by atoms with Crippen LogP contribution in [0.5, 0.6) is 0 Å². The molecule has 0 amide bonds.